The summed E-state index contributed by atoms with van der Waals surface area (Å²) in [4.78, 5) is 68.6. The number of amides is 4. The number of hydrogen-bond donors (Lipinski definition) is 9. The molecule has 0 aromatic carbocycles. The van der Waals surface area contributed by atoms with Gasteiger partial charge in [0.25, 0.3) is 0 Å². The van der Waals surface area contributed by atoms with E-state index in [9.17, 15) is 33.9 Å². The predicted molar refractivity (Wildman–Crippen MR) is 98.4 cm³/mol. The normalized spacial score (nSPS) is 14.6. The van der Waals surface area contributed by atoms with Gasteiger partial charge < -0.3 is 42.7 Å². The van der Waals surface area contributed by atoms with E-state index in [1.165, 1.54) is 0 Å². The molecule has 0 aliphatic carbocycles. The lowest BCUT2D eigenvalue weighted by Gasteiger charge is -2.23. The molecule has 164 valence electrons. The molecule has 0 saturated heterocycles. The van der Waals surface area contributed by atoms with Crippen molar-refractivity contribution in [1.29, 1.82) is 0 Å². The van der Waals surface area contributed by atoms with Crippen molar-refractivity contribution in [2.75, 3.05) is 12.4 Å². The number of rotatable bonds is 13. The lowest BCUT2D eigenvalue weighted by atomic mass is 10.1. The molecular formula is C14H23N5O9S. The fraction of sp³-hybridized carbons (Fsp3) is 0.571. The molecule has 0 radical (unpaired) electrons. The molecule has 0 fully saturated rings. The van der Waals surface area contributed by atoms with Gasteiger partial charge in [-0.05, 0) is 0 Å². The highest BCUT2D eigenvalue weighted by Gasteiger charge is 2.30. The first kappa shape index (κ1) is 26.1. The lowest BCUT2D eigenvalue weighted by Crippen LogP contribution is -2.58. The van der Waals surface area contributed by atoms with E-state index >= 15 is 0 Å². The van der Waals surface area contributed by atoms with Gasteiger partial charge in [-0.25, -0.2) is 4.79 Å². The number of carbonyl (C=O) groups is 6. The van der Waals surface area contributed by atoms with Crippen LogP contribution >= 0.6 is 12.6 Å². The molecule has 0 spiro atoms. The fourth-order valence-corrected chi connectivity index (χ4v) is 2.15. The minimum Gasteiger partial charge on any atom is -0.481 e. The highest BCUT2D eigenvalue weighted by molar-refractivity contribution is 7.80. The zero-order valence-corrected chi connectivity index (χ0v) is 15.9. The first-order chi connectivity index (χ1) is 13.4. The van der Waals surface area contributed by atoms with Gasteiger partial charge in [0.1, 0.15) is 18.1 Å². The number of nitrogens with two attached hydrogens (primary N) is 2. The minimum atomic E-state index is -1.75. The van der Waals surface area contributed by atoms with Crippen LogP contribution in [0, 0.1) is 0 Å². The first-order valence-electron chi connectivity index (χ1n) is 8.04. The topological polar surface area (TPSA) is 251 Å². The van der Waals surface area contributed by atoms with Crippen molar-refractivity contribution >= 4 is 48.2 Å². The summed E-state index contributed by atoms with van der Waals surface area (Å²) in [5.74, 6) is -7.30. The average molecular weight is 437 g/mol. The Morgan fingerprint density at radius 2 is 1.31 bits per heavy atom. The van der Waals surface area contributed by atoms with Crippen molar-refractivity contribution in [3.8, 4) is 0 Å². The third-order valence-electron chi connectivity index (χ3n) is 3.38. The van der Waals surface area contributed by atoms with Gasteiger partial charge in [-0.1, -0.05) is 0 Å². The number of hydrogen-bond acceptors (Lipinski definition) is 9. The fourth-order valence-electron chi connectivity index (χ4n) is 1.90. The molecule has 0 rings (SSSR count). The van der Waals surface area contributed by atoms with Gasteiger partial charge in [-0.15, -0.1) is 0 Å². The summed E-state index contributed by atoms with van der Waals surface area (Å²) in [6, 6.07) is -6.08. The predicted octanol–water partition coefficient (Wildman–Crippen LogP) is -4.88. The molecule has 0 heterocycles. The van der Waals surface area contributed by atoms with Gasteiger partial charge in [0.15, 0.2) is 0 Å². The van der Waals surface area contributed by atoms with Crippen LogP contribution in [0.3, 0.4) is 0 Å². The summed E-state index contributed by atoms with van der Waals surface area (Å²) < 4.78 is 0. The number of carboxylic acid groups (broad SMARTS) is 2. The second-order valence-corrected chi connectivity index (χ2v) is 6.13. The maximum atomic E-state index is 12.2. The second kappa shape index (κ2) is 12.5. The van der Waals surface area contributed by atoms with Crippen molar-refractivity contribution in [3.63, 3.8) is 0 Å². The number of aliphatic hydroxyl groups excluding tert-OH is 1. The number of primary amides is 1. The Bertz CT molecular complexity index is 659. The quantitative estimate of drug-likeness (QED) is 0.124. The van der Waals surface area contributed by atoms with E-state index < -0.39 is 79.2 Å². The highest BCUT2D eigenvalue weighted by atomic mass is 32.1. The summed E-state index contributed by atoms with van der Waals surface area (Å²) in [5, 5.41) is 33.0. The zero-order valence-electron chi connectivity index (χ0n) is 15.0. The van der Waals surface area contributed by atoms with Crippen LogP contribution in [0.1, 0.15) is 12.8 Å². The van der Waals surface area contributed by atoms with E-state index in [1.807, 2.05) is 5.32 Å². The second-order valence-electron chi connectivity index (χ2n) is 5.76. The number of carboxylic acids is 2. The number of aliphatic hydroxyl groups is 1. The van der Waals surface area contributed by atoms with Gasteiger partial charge in [0, 0.05) is 5.75 Å². The lowest BCUT2D eigenvalue weighted by molar-refractivity contribution is -0.147. The summed E-state index contributed by atoms with van der Waals surface area (Å²) in [6.45, 7) is -0.890. The highest BCUT2D eigenvalue weighted by Crippen LogP contribution is 1.98. The van der Waals surface area contributed by atoms with Crippen LogP contribution in [-0.2, 0) is 28.8 Å². The van der Waals surface area contributed by atoms with Crippen molar-refractivity contribution in [1.82, 2.24) is 16.0 Å². The molecule has 0 aliphatic heterocycles. The van der Waals surface area contributed by atoms with Gasteiger partial charge in [-0.3, -0.25) is 24.0 Å². The molecular weight excluding hydrogens is 414 g/mol. The van der Waals surface area contributed by atoms with Crippen LogP contribution in [0.2, 0.25) is 0 Å². The summed E-state index contributed by atoms with van der Waals surface area (Å²) in [6.07, 6.45) is -1.41. The maximum Gasteiger partial charge on any atom is 0.326 e. The van der Waals surface area contributed by atoms with Crippen LogP contribution in [0.5, 0.6) is 0 Å². The maximum absolute atomic E-state index is 12.2. The SMILES string of the molecule is NC(=O)CC(N)C(=O)NC(CO)C(=O)NC(CS)C(=O)NC(CC(=O)O)C(=O)O. The van der Waals surface area contributed by atoms with Gasteiger partial charge in [0.2, 0.25) is 23.6 Å². The molecule has 29 heavy (non-hydrogen) atoms. The molecule has 0 saturated carbocycles. The molecule has 0 aromatic rings. The van der Waals surface area contributed by atoms with Gasteiger partial charge in [0.05, 0.1) is 25.5 Å². The molecule has 0 bridgehead atoms. The molecule has 4 atom stereocenters. The van der Waals surface area contributed by atoms with Crippen molar-refractivity contribution < 1.29 is 44.1 Å². The molecule has 0 aromatic heterocycles. The molecule has 10 N–H and O–H groups in total. The Labute approximate surface area is 169 Å². The average Bonchev–Trinajstić information content (AvgIpc) is 2.61. The Morgan fingerprint density at radius 3 is 1.72 bits per heavy atom. The number of aliphatic carboxylic acids is 2. The standard InChI is InChI=1S/C14H23N5O9S/c15-5(1-9(16)21)11(24)18-7(3-20)12(25)19-8(4-29)13(26)17-6(14(27)28)2-10(22)23/h5-8,20,29H,1-4,15H2,(H2,16,21)(H,17,26)(H,18,24)(H,19,25)(H,22,23)(H,27,28). The zero-order chi connectivity index (χ0) is 22.7. The van der Waals surface area contributed by atoms with E-state index in [1.54, 1.807) is 0 Å². The number of carbonyl (C=O) groups excluding carboxylic acids is 4. The van der Waals surface area contributed by atoms with Crippen LogP contribution in [0.25, 0.3) is 0 Å². The van der Waals surface area contributed by atoms with Crippen molar-refractivity contribution in [2.24, 2.45) is 11.5 Å². The Balaban J connectivity index is 5.02. The van der Waals surface area contributed by atoms with E-state index in [-0.39, 0.29) is 5.75 Å². The van der Waals surface area contributed by atoms with E-state index in [0.29, 0.717) is 0 Å². The van der Waals surface area contributed by atoms with Crippen molar-refractivity contribution in [3.05, 3.63) is 0 Å². The number of nitrogens with one attached hydrogen (secondary N) is 3. The summed E-state index contributed by atoms with van der Waals surface area (Å²) in [5.41, 5.74) is 10.3. The van der Waals surface area contributed by atoms with E-state index in [2.05, 4.69) is 23.3 Å². The van der Waals surface area contributed by atoms with Gasteiger partial charge >= 0.3 is 11.9 Å². The van der Waals surface area contributed by atoms with E-state index in [0.717, 1.165) is 0 Å². The molecule has 0 aliphatic rings. The molecule has 4 unspecified atom stereocenters. The van der Waals surface area contributed by atoms with E-state index in [4.69, 9.17) is 21.7 Å². The summed E-state index contributed by atoms with van der Waals surface area (Å²) in [7, 11) is 0. The third kappa shape index (κ3) is 9.72. The molecule has 4 amide bonds. The summed E-state index contributed by atoms with van der Waals surface area (Å²) >= 11 is 3.85. The Kier molecular flexibility index (Phi) is 11.3. The molecule has 15 heteroatoms. The Morgan fingerprint density at radius 1 is 0.828 bits per heavy atom. The molecule has 14 nitrogen and oxygen atoms in total. The monoisotopic (exact) mass is 437 g/mol. The van der Waals surface area contributed by atoms with Crippen LogP contribution in [0.15, 0.2) is 0 Å². The smallest absolute Gasteiger partial charge is 0.326 e. The van der Waals surface area contributed by atoms with Crippen LogP contribution < -0.4 is 27.4 Å². The van der Waals surface area contributed by atoms with Crippen LogP contribution in [-0.4, -0.2) is 87.4 Å². The first-order valence-corrected chi connectivity index (χ1v) is 8.67. The Hall–Kier alpha value is -2.91. The van der Waals surface area contributed by atoms with Crippen LogP contribution in [0.4, 0.5) is 0 Å². The number of thiol groups is 1. The van der Waals surface area contributed by atoms with Gasteiger partial charge in [-0.2, -0.15) is 12.6 Å². The van der Waals surface area contributed by atoms with Crippen molar-refractivity contribution in [2.45, 2.75) is 37.0 Å². The largest absolute Gasteiger partial charge is 0.481 e. The minimum absolute atomic E-state index is 0.315. The third-order valence-corrected chi connectivity index (χ3v) is 3.75.